The van der Waals surface area contributed by atoms with Crippen LogP contribution in [-0.2, 0) is 14.6 Å². The van der Waals surface area contributed by atoms with Gasteiger partial charge in [-0.1, -0.05) is 17.7 Å². The molecule has 2 rings (SSSR count). The van der Waals surface area contributed by atoms with Crippen molar-refractivity contribution in [3.63, 3.8) is 0 Å². The SMILES string of the molecule is Cc1ccc(S(=O)(=O)C[C@H]2CO2)cc1. The molecule has 0 aromatic heterocycles. The number of hydrogen-bond acceptors (Lipinski definition) is 3. The Bertz CT molecular complexity index is 415. The Morgan fingerprint density at radius 1 is 1.36 bits per heavy atom. The topological polar surface area (TPSA) is 46.7 Å². The lowest BCUT2D eigenvalue weighted by Crippen LogP contribution is -2.11. The second kappa shape index (κ2) is 3.37. The number of aryl methyl sites for hydroxylation is 1. The highest BCUT2D eigenvalue weighted by atomic mass is 32.2. The molecule has 0 N–H and O–H groups in total. The standard InChI is InChI=1S/C10H12O3S/c1-8-2-4-10(5-3-8)14(11,12)7-9-6-13-9/h2-5,9H,6-7H2,1H3/t9-/m1/s1. The van der Waals surface area contributed by atoms with Crippen LogP contribution >= 0.6 is 0 Å². The molecule has 1 atom stereocenters. The molecule has 0 aliphatic carbocycles. The van der Waals surface area contributed by atoms with Crippen LogP contribution < -0.4 is 0 Å². The molecule has 1 aromatic rings. The molecule has 1 saturated heterocycles. The van der Waals surface area contributed by atoms with Gasteiger partial charge < -0.3 is 4.74 Å². The van der Waals surface area contributed by atoms with Crippen LogP contribution in [0.4, 0.5) is 0 Å². The Hall–Kier alpha value is -0.870. The Kier molecular flexibility index (Phi) is 2.33. The van der Waals surface area contributed by atoms with Gasteiger partial charge in [0.2, 0.25) is 0 Å². The third kappa shape index (κ3) is 2.13. The molecule has 0 bridgehead atoms. The van der Waals surface area contributed by atoms with Gasteiger partial charge in [-0.3, -0.25) is 0 Å². The van der Waals surface area contributed by atoms with Crippen LogP contribution in [0.2, 0.25) is 0 Å². The molecule has 14 heavy (non-hydrogen) atoms. The lowest BCUT2D eigenvalue weighted by molar-refractivity contribution is 0.422. The van der Waals surface area contributed by atoms with E-state index >= 15 is 0 Å². The van der Waals surface area contributed by atoms with E-state index in [4.69, 9.17) is 4.74 Å². The molecule has 0 amide bonds. The van der Waals surface area contributed by atoms with E-state index in [1.54, 1.807) is 24.3 Å². The van der Waals surface area contributed by atoms with E-state index in [1.807, 2.05) is 6.92 Å². The minimum Gasteiger partial charge on any atom is -0.372 e. The first-order valence-electron chi connectivity index (χ1n) is 4.49. The normalized spacial score (nSPS) is 20.8. The molecule has 1 heterocycles. The zero-order valence-corrected chi connectivity index (χ0v) is 8.75. The van der Waals surface area contributed by atoms with Crippen molar-refractivity contribution in [2.24, 2.45) is 0 Å². The van der Waals surface area contributed by atoms with E-state index in [1.165, 1.54) is 0 Å². The predicted octanol–water partition coefficient (Wildman–Crippen LogP) is 1.17. The van der Waals surface area contributed by atoms with Gasteiger partial charge in [0.1, 0.15) is 0 Å². The summed E-state index contributed by atoms with van der Waals surface area (Å²) < 4.78 is 28.3. The lowest BCUT2D eigenvalue weighted by Gasteiger charge is -2.02. The summed E-state index contributed by atoms with van der Waals surface area (Å²) in [5, 5.41) is 0. The number of rotatable bonds is 3. The fourth-order valence-electron chi connectivity index (χ4n) is 1.25. The van der Waals surface area contributed by atoms with Crippen LogP contribution in [0.1, 0.15) is 5.56 Å². The summed E-state index contributed by atoms with van der Waals surface area (Å²) >= 11 is 0. The monoisotopic (exact) mass is 212 g/mol. The van der Waals surface area contributed by atoms with Crippen molar-refractivity contribution in [3.8, 4) is 0 Å². The smallest absolute Gasteiger partial charge is 0.181 e. The fourth-order valence-corrected chi connectivity index (χ4v) is 2.68. The van der Waals surface area contributed by atoms with Gasteiger partial charge in [0.15, 0.2) is 9.84 Å². The highest BCUT2D eigenvalue weighted by Crippen LogP contribution is 2.18. The van der Waals surface area contributed by atoms with Crippen LogP contribution in [0.5, 0.6) is 0 Å². The second-order valence-electron chi connectivity index (χ2n) is 3.55. The van der Waals surface area contributed by atoms with Crippen molar-refractivity contribution >= 4 is 9.84 Å². The van der Waals surface area contributed by atoms with Gasteiger partial charge in [-0.15, -0.1) is 0 Å². The second-order valence-corrected chi connectivity index (χ2v) is 5.58. The van der Waals surface area contributed by atoms with Gasteiger partial charge in [-0.25, -0.2) is 8.42 Å². The van der Waals surface area contributed by atoms with Crippen LogP contribution in [0.25, 0.3) is 0 Å². The van der Waals surface area contributed by atoms with E-state index in [0.717, 1.165) is 5.56 Å². The van der Waals surface area contributed by atoms with E-state index in [9.17, 15) is 8.42 Å². The maximum Gasteiger partial charge on any atom is 0.181 e. The number of epoxide rings is 1. The summed E-state index contributed by atoms with van der Waals surface area (Å²) in [6.45, 7) is 2.51. The summed E-state index contributed by atoms with van der Waals surface area (Å²) in [6.07, 6.45) is -0.0821. The molecule has 0 saturated carbocycles. The average Bonchev–Trinajstić information content (AvgIpc) is 2.88. The molecule has 1 aliphatic heterocycles. The van der Waals surface area contributed by atoms with Crippen molar-refractivity contribution in [2.75, 3.05) is 12.4 Å². The summed E-state index contributed by atoms with van der Waals surface area (Å²) in [7, 11) is -3.14. The lowest BCUT2D eigenvalue weighted by atomic mass is 10.2. The molecule has 0 spiro atoms. The Morgan fingerprint density at radius 2 is 1.93 bits per heavy atom. The largest absolute Gasteiger partial charge is 0.372 e. The molecule has 4 heteroatoms. The zero-order chi connectivity index (χ0) is 10.2. The first kappa shape index (κ1) is 9.68. The molecule has 0 unspecified atom stereocenters. The van der Waals surface area contributed by atoms with Crippen LogP contribution in [-0.4, -0.2) is 26.9 Å². The number of sulfone groups is 1. The van der Waals surface area contributed by atoms with Crippen LogP contribution in [0, 0.1) is 6.92 Å². The van der Waals surface area contributed by atoms with Gasteiger partial charge in [0.25, 0.3) is 0 Å². The van der Waals surface area contributed by atoms with E-state index in [2.05, 4.69) is 0 Å². The third-order valence-corrected chi connectivity index (χ3v) is 3.99. The Labute approximate surface area is 83.6 Å². The van der Waals surface area contributed by atoms with Gasteiger partial charge >= 0.3 is 0 Å². The molecular formula is C10H12O3S. The number of hydrogen-bond donors (Lipinski definition) is 0. The van der Waals surface area contributed by atoms with E-state index in [0.29, 0.717) is 11.5 Å². The van der Waals surface area contributed by atoms with Crippen molar-refractivity contribution in [2.45, 2.75) is 17.9 Å². The van der Waals surface area contributed by atoms with Crippen LogP contribution in [0.15, 0.2) is 29.2 Å². The summed E-state index contributed by atoms with van der Waals surface area (Å²) in [5.41, 5.74) is 1.06. The highest BCUT2D eigenvalue weighted by Gasteiger charge is 2.30. The molecule has 1 fully saturated rings. The molecule has 1 aliphatic rings. The van der Waals surface area contributed by atoms with Crippen LogP contribution in [0.3, 0.4) is 0 Å². The molecule has 76 valence electrons. The van der Waals surface area contributed by atoms with Gasteiger partial charge in [-0.2, -0.15) is 0 Å². The molecule has 3 nitrogen and oxygen atoms in total. The molecule has 0 radical (unpaired) electrons. The number of ether oxygens (including phenoxy) is 1. The summed E-state index contributed by atoms with van der Waals surface area (Å²) in [5.74, 6) is 0.107. The third-order valence-electron chi connectivity index (χ3n) is 2.19. The highest BCUT2D eigenvalue weighted by molar-refractivity contribution is 7.91. The van der Waals surface area contributed by atoms with Crippen molar-refractivity contribution in [1.82, 2.24) is 0 Å². The number of benzene rings is 1. The first-order chi connectivity index (χ1) is 6.58. The Balaban J connectivity index is 2.24. The quantitative estimate of drug-likeness (QED) is 0.706. The minimum atomic E-state index is -3.14. The first-order valence-corrected chi connectivity index (χ1v) is 6.14. The van der Waals surface area contributed by atoms with Gasteiger partial charge in [-0.05, 0) is 19.1 Å². The molecular weight excluding hydrogens is 200 g/mol. The maximum absolute atomic E-state index is 11.7. The Morgan fingerprint density at radius 3 is 2.43 bits per heavy atom. The van der Waals surface area contributed by atoms with Crippen molar-refractivity contribution in [1.29, 1.82) is 0 Å². The fraction of sp³-hybridized carbons (Fsp3) is 0.400. The van der Waals surface area contributed by atoms with Crippen molar-refractivity contribution in [3.05, 3.63) is 29.8 Å². The molecule has 1 aromatic carbocycles. The average molecular weight is 212 g/mol. The van der Waals surface area contributed by atoms with Gasteiger partial charge in [0, 0.05) is 0 Å². The zero-order valence-electron chi connectivity index (χ0n) is 7.93. The maximum atomic E-state index is 11.7. The van der Waals surface area contributed by atoms with E-state index < -0.39 is 9.84 Å². The van der Waals surface area contributed by atoms with Gasteiger partial charge in [0.05, 0.1) is 23.4 Å². The summed E-state index contributed by atoms with van der Waals surface area (Å²) in [4.78, 5) is 0.388. The predicted molar refractivity (Wildman–Crippen MR) is 53.0 cm³/mol. The summed E-state index contributed by atoms with van der Waals surface area (Å²) in [6, 6.07) is 6.90. The van der Waals surface area contributed by atoms with E-state index in [-0.39, 0.29) is 11.9 Å². The van der Waals surface area contributed by atoms with Crippen molar-refractivity contribution < 1.29 is 13.2 Å². The minimum absolute atomic E-state index is 0.0821.